The van der Waals surface area contributed by atoms with E-state index in [4.69, 9.17) is 0 Å². The van der Waals surface area contributed by atoms with Gasteiger partial charge < -0.3 is 0 Å². The SMILES string of the molecule is CCCCCCP(CCCCCC)C(C(P(CCCCCC)CCCCCC)P(CCCCCC)CCCCCC)P(CCCCCC)CCCCCC. The molecule has 0 atom stereocenters. The maximum atomic E-state index is 2.44. The van der Waals surface area contributed by atoms with Crippen LogP contribution in [0.15, 0.2) is 0 Å². The van der Waals surface area contributed by atoms with Gasteiger partial charge in [-0.25, -0.2) is 0 Å². The Kier molecular flexibility index (Phi) is 45.7. The van der Waals surface area contributed by atoms with Crippen LogP contribution in [0.25, 0.3) is 0 Å². The molecule has 0 aromatic rings. The maximum Gasteiger partial charge on any atom is 0.0101 e. The van der Waals surface area contributed by atoms with Gasteiger partial charge in [0.15, 0.2) is 0 Å². The van der Waals surface area contributed by atoms with Crippen molar-refractivity contribution in [2.24, 2.45) is 0 Å². The average Bonchev–Trinajstić information content (AvgIpc) is 3.18. The van der Waals surface area contributed by atoms with Crippen LogP contribution in [0.2, 0.25) is 0 Å². The molecule has 0 aliphatic heterocycles. The van der Waals surface area contributed by atoms with Gasteiger partial charge in [-0.05, 0) is 101 Å². The van der Waals surface area contributed by atoms with Crippen molar-refractivity contribution < 1.29 is 0 Å². The molecule has 0 aliphatic rings. The zero-order valence-electron chi connectivity index (χ0n) is 39.2. The summed E-state index contributed by atoms with van der Waals surface area (Å²) in [6.07, 6.45) is 60.6. The molecule has 0 aromatic carbocycles. The first kappa shape index (κ1) is 55.7. The van der Waals surface area contributed by atoms with Crippen LogP contribution >= 0.6 is 31.7 Å². The molecule has 326 valence electrons. The van der Waals surface area contributed by atoms with Crippen molar-refractivity contribution in [1.82, 2.24) is 0 Å². The summed E-state index contributed by atoms with van der Waals surface area (Å²) < 4.78 is 0. The first-order valence-corrected chi connectivity index (χ1v) is 32.7. The second kappa shape index (κ2) is 44.3. The summed E-state index contributed by atoms with van der Waals surface area (Å²) in [5, 5.41) is 2.32. The highest BCUT2D eigenvalue weighted by atomic mass is 31.2. The maximum absolute atomic E-state index is 2.44. The van der Waals surface area contributed by atoms with Crippen LogP contribution in [0.1, 0.15) is 261 Å². The first-order chi connectivity index (χ1) is 26.6. The molecular formula is C50H106P4. The quantitative estimate of drug-likeness (QED) is 0.0424. The monoisotopic (exact) mass is 831 g/mol. The van der Waals surface area contributed by atoms with E-state index < -0.39 is 0 Å². The summed E-state index contributed by atoms with van der Waals surface area (Å²) in [6.45, 7) is 19.5. The lowest BCUT2D eigenvalue weighted by molar-refractivity contribution is 0.688. The second-order valence-corrected chi connectivity index (χ2v) is 28.8. The van der Waals surface area contributed by atoms with E-state index in [9.17, 15) is 0 Å². The summed E-state index contributed by atoms with van der Waals surface area (Å²) in [5.74, 6) is 0. The zero-order valence-corrected chi connectivity index (χ0v) is 42.8. The Labute approximate surface area is 351 Å². The Bertz CT molecular complexity index is 538. The fraction of sp³-hybridized carbons (Fsp3) is 1.00. The Morgan fingerprint density at radius 2 is 0.315 bits per heavy atom. The molecule has 0 bridgehead atoms. The van der Waals surface area contributed by atoms with E-state index in [1.54, 1.807) is 101 Å². The third kappa shape index (κ3) is 30.7. The molecule has 0 aromatic heterocycles. The Morgan fingerprint density at radius 1 is 0.185 bits per heavy atom. The molecule has 0 fully saturated rings. The van der Waals surface area contributed by atoms with Crippen LogP contribution in [0.3, 0.4) is 0 Å². The van der Waals surface area contributed by atoms with E-state index in [0.29, 0.717) is 0 Å². The summed E-state index contributed by atoms with van der Waals surface area (Å²) in [7, 11) is 0.498. The van der Waals surface area contributed by atoms with Gasteiger partial charge in [0.25, 0.3) is 0 Å². The Hall–Kier alpha value is 1.72. The molecule has 0 radical (unpaired) electrons. The lowest BCUT2D eigenvalue weighted by atomic mass is 10.2. The Morgan fingerprint density at radius 3 is 0.426 bits per heavy atom. The normalized spacial score (nSPS) is 12.3. The molecule has 0 spiro atoms. The van der Waals surface area contributed by atoms with Crippen LogP contribution in [0.4, 0.5) is 0 Å². The van der Waals surface area contributed by atoms with E-state index in [-0.39, 0.29) is 31.7 Å². The predicted molar refractivity (Wildman–Crippen MR) is 267 cm³/mol. The van der Waals surface area contributed by atoms with E-state index >= 15 is 0 Å². The highest BCUT2D eigenvalue weighted by Gasteiger charge is 2.41. The van der Waals surface area contributed by atoms with Gasteiger partial charge in [0.1, 0.15) is 0 Å². The third-order valence-corrected chi connectivity index (χ3v) is 28.3. The van der Waals surface area contributed by atoms with Crippen molar-refractivity contribution in [2.45, 2.75) is 272 Å². The fourth-order valence-corrected chi connectivity index (χ4v) is 29.2. The van der Waals surface area contributed by atoms with Gasteiger partial charge in [-0.1, -0.05) is 241 Å². The molecule has 0 heterocycles. The first-order valence-electron chi connectivity index (χ1n) is 25.6. The highest BCUT2D eigenvalue weighted by Crippen LogP contribution is 2.73. The van der Waals surface area contributed by atoms with Crippen LogP contribution in [-0.2, 0) is 0 Å². The van der Waals surface area contributed by atoms with Gasteiger partial charge in [0.05, 0.1) is 0 Å². The number of rotatable bonds is 45. The minimum absolute atomic E-state index is 0.125. The molecule has 0 rings (SSSR count). The molecule has 0 saturated heterocycles. The molecular weight excluding hydrogens is 724 g/mol. The molecule has 4 heteroatoms. The average molecular weight is 831 g/mol. The second-order valence-electron chi connectivity index (χ2n) is 17.5. The number of unbranched alkanes of at least 4 members (excludes halogenated alkanes) is 24. The molecule has 0 aliphatic carbocycles. The van der Waals surface area contributed by atoms with Crippen molar-refractivity contribution in [1.29, 1.82) is 0 Å². The summed E-state index contributed by atoms with van der Waals surface area (Å²) in [5.41, 5.74) is 0. The van der Waals surface area contributed by atoms with Crippen LogP contribution in [0, 0.1) is 0 Å². The minimum atomic E-state index is 0.125. The predicted octanol–water partition coefficient (Wildman–Crippen LogP) is 20.2. The molecule has 0 amide bonds. The van der Waals surface area contributed by atoms with Gasteiger partial charge in [-0.15, -0.1) is 0 Å². The van der Waals surface area contributed by atoms with Crippen molar-refractivity contribution >= 4 is 31.7 Å². The molecule has 0 unspecified atom stereocenters. The summed E-state index contributed by atoms with van der Waals surface area (Å²) >= 11 is 0. The van der Waals surface area contributed by atoms with Crippen molar-refractivity contribution in [3.05, 3.63) is 0 Å². The van der Waals surface area contributed by atoms with Crippen molar-refractivity contribution in [2.75, 3.05) is 49.3 Å². The zero-order chi connectivity index (χ0) is 39.7. The largest absolute Gasteiger partial charge is 0.0981 e. The Balaban J connectivity index is 7.49. The van der Waals surface area contributed by atoms with E-state index in [2.05, 4.69) is 55.4 Å². The molecule has 0 N–H and O–H groups in total. The standard InChI is InChI=1S/C50H106P4/c1-9-17-25-33-41-51(42-34-26-18-10-2)49(52(43-35-27-19-11-3)44-36-28-20-12-4)50(53(45-37-29-21-13-5)46-38-30-22-14-6)54(47-39-31-23-15-7)48-40-32-24-16-8/h49-50H,9-48H2,1-8H3. The van der Waals surface area contributed by atoms with Gasteiger partial charge in [-0.2, -0.15) is 0 Å². The summed E-state index contributed by atoms with van der Waals surface area (Å²) in [4.78, 5) is 0. The van der Waals surface area contributed by atoms with E-state index in [1.165, 1.54) is 154 Å². The van der Waals surface area contributed by atoms with Crippen LogP contribution in [-0.4, -0.2) is 60.1 Å². The number of hydrogen-bond donors (Lipinski definition) is 0. The topological polar surface area (TPSA) is 0 Å². The van der Waals surface area contributed by atoms with Gasteiger partial charge in [-0.3, -0.25) is 0 Å². The summed E-state index contributed by atoms with van der Waals surface area (Å²) in [6, 6.07) is 0. The van der Waals surface area contributed by atoms with Crippen LogP contribution in [0.5, 0.6) is 0 Å². The lowest BCUT2D eigenvalue weighted by Gasteiger charge is -2.48. The molecule has 54 heavy (non-hydrogen) atoms. The van der Waals surface area contributed by atoms with Crippen molar-refractivity contribution in [3.8, 4) is 0 Å². The van der Waals surface area contributed by atoms with E-state index in [0.717, 1.165) is 10.8 Å². The minimum Gasteiger partial charge on any atom is -0.0981 e. The third-order valence-electron chi connectivity index (χ3n) is 12.2. The highest BCUT2D eigenvalue weighted by molar-refractivity contribution is 7.83. The lowest BCUT2D eigenvalue weighted by Crippen LogP contribution is -2.28. The van der Waals surface area contributed by atoms with Crippen LogP contribution < -0.4 is 0 Å². The van der Waals surface area contributed by atoms with Gasteiger partial charge in [0, 0.05) is 10.8 Å². The number of hydrogen-bond acceptors (Lipinski definition) is 0. The molecule has 0 nitrogen and oxygen atoms in total. The van der Waals surface area contributed by atoms with E-state index in [1.807, 2.05) is 0 Å². The smallest absolute Gasteiger partial charge is 0.0101 e. The fourth-order valence-electron chi connectivity index (χ4n) is 8.65. The van der Waals surface area contributed by atoms with Crippen molar-refractivity contribution in [3.63, 3.8) is 0 Å². The molecule has 0 saturated carbocycles. The van der Waals surface area contributed by atoms with Gasteiger partial charge in [0.2, 0.25) is 0 Å². The van der Waals surface area contributed by atoms with Gasteiger partial charge >= 0.3 is 0 Å².